The summed E-state index contributed by atoms with van der Waals surface area (Å²) in [4.78, 5) is 16.7. The van der Waals surface area contributed by atoms with Gasteiger partial charge >= 0.3 is 0 Å². The molecule has 0 bridgehead atoms. The average Bonchev–Trinajstić information content (AvgIpc) is 3.31. The number of amides is 1. The average molecular weight is 395 g/mol. The second-order valence-electron chi connectivity index (χ2n) is 7.00. The second-order valence-corrected chi connectivity index (χ2v) is 7.00. The van der Waals surface area contributed by atoms with Gasteiger partial charge in [0.25, 0.3) is 0 Å². The summed E-state index contributed by atoms with van der Waals surface area (Å²) in [7, 11) is 0. The van der Waals surface area contributed by atoms with E-state index in [9.17, 15) is 13.6 Å². The van der Waals surface area contributed by atoms with E-state index in [1.165, 1.54) is 17.1 Å². The van der Waals surface area contributed by atoms with Crippen molar-refractivity contribution in [3.8, 4) is 0 Å². The lowest BCUT2D eigenvalue weighted by Gasteiger charge is -2.22. The van der Waals surface area contributed by atoms with Gasteiger partial charge in [0.15, 0.2) is 0 Å². The highest BCUT2D eigenvalue weighted by molar-refractivity contribution is 5.80. The van der Waals surface area contributed by atoms with Crippen LogP contribution in [0, 0.1) is 11.6 Å². The van der Waals surface area contributed by atoms with E-state index in [1.807, 2.05) is 12.3 Å². The molecule has 0 saturated heterocycles. The van der Waals surface area contributed by atoms with E-state index in [4.69, 9.17) is 0 Å². The van der Waals surface area contributed by atoms with Gasteiger partial charge in [-0.1, -0.05) is 12.2 Å². The number of allylic oxidation sites excluding steroid dienone is 1. The number of hydrogen-bond acceptors (Lipinski definition) is 4. The van der Waals surface area contributed by atoms with Gasteiger partial charge in [-0.15, -0.1) is 0 Å². The van der Waals surface area contributed by atoms with Crippen LogP contribution in [0.2, 0.25) is 0 Å². The number of hydrazone groups is 1. The largest absolute Gasteiger partial charge is 0.273 e. The van der Waals surface area contributed by atoms with Crippen molar-refractivity contribution in [1.29, 1.82) is 0 Å². The first-order chi connectivity index (χ1) is 14.0. The number of carbonyl (C=O) groups excluding carboxylic acids is 1. The number of aromatic nitrogens is 3. The third kappa shape index (κ3) is 4.21. The number of fused-ring (bicyclic) bond motifs is 1. The van der Waals surface area contributed by atoms with E-state index < -0.39 is 17.7 Å². The molecule has 1 unspecified atom stereocenters. The minimum atomic E-state index is -0.672. The summed E-state index contributed by atoms with van der Waals surface area (Å²) >= 11 is 0. The molecule has 0 aliphatic carbocycles. The molecular formula is C21H19F2N5O. The van der Waals surface area contributed by atoms with Crippen LogP contribution in [0.1, 0.15) is 30.9 Å². The molecule has 148 valence electrons. The van der Waals surface area contributed by atoms with Crippen LogP contribution in [0.4, 0.5) is 8.78 Å². The normalized spacial score (nSPS) is 15.9. The van der Waals surface area contributed by atoms with Crippen LogP contribution >= 0.6 is 0 Å². The summed E-state index contributed by atoms with van der Waals surface area (Å²) in [6.45, 7) is 4.52. The minimum absolute atomic E-state index is 0.201. The lowest BCUT2D eigenvalue weighted by Crippen LogP contribution is -2.27. The Labute approximate surface area is 166 Å². The summed E-state index contributed by atoms with van der Waals surface area (Å²) < 4.78 is 28.8. The minimum Gasteiger partial charge on any atom is -0.273 e. The van der Waals surface area contributed by atoms with Crippen molar-refractivity contribution in [1.82, 2.24) is 19.8 Å². The van der Waals surface area contributed by atoms with Gasteiger partial charge in [0.1, 0.15) is 17.2 Å². The third-order valence-electron chi connectivity index (χ3n) is 4.79. The summed E-state index contributed by atoms with van der Waals surface area (Å²) in [6.07, 6.45) is 7.98. The summed E-state index contributed by atoms with van der Waals surface area (Å²) in [5, 5.41) is 10.8. The predicted octanol–water partition coefficient (Wildman–Crippen LogP) is 4.01. The third-order valence-corrected chi connectivity index (χ3v) is 4.79. The monoisotopic (exact) mass is 395 g/mol. The Kier molecular flexibility index (Phi) is 5.16. The molecule has 1 amide bonds. The quantitative estimate of drug-likeness (QED) is 0.593. The van der Waals surface area contributed by atoms with Crippen molar-refractivity contribution in [2.75, 3.05) is 0 Å². The van der Waals surface area contributed by atoms with E-state index in [0.29, 0.717) is 24.9 Å². The van der Waals surface area contributed by atoms with Crippen molar-refractivity contribution < 1.29 is 13.6 Å². The van der Waals surface area contributed by atoms with Gasteiger partial charge in [0.05, 0.1) is 18.8 Å². The smallest absolute Gasteiger partial charge is 0.243 e. The Balaban J connectivity index is 1.36. The van der Waals surface area contributed by atoms with Crippen molar-refractivity contribution in [3.63, 3.8) is 0 Å². The van der Waals surface area contributed by atoms with Gasteiger partial charge in [-0.05, 0) is 30.2 Å². The van der Waals surface area contributed by atoms with Gasteiger partial charge < -0.3 is 0 Å². The van der Waals surface area contributed by atoms with Crippen LogP contribution in [0.5, 0.6) is 0 Å². The Hall–Kier alpha value is -3.42. The van der Waals surface area contributed by atoms with Gasteiger partial charge in [0, 0.05) is 42.9 Å². The number of halogens is 2. The zero-order valence-corrected chi connectivity index (χ0v) is 15.6. The van der Waals surface area contributed by atoms with E-state index in [0.717, 1.165) is 22.5 Å². The van der Waals surface area contributed by atoms with E-state index >= 15 is 0 Å². The Morgan fingerprint density at radius 3 is 2.76 bits per heavy atom. The number of pyridine rings is 1. The molecule has 2 aromatic heterocycles. The maximum absolute atomic E-state index is 13.5. The Bertz CT molecular complexity index is 1050. The molecule has 0 spiro atoms. The summed E-state index contributed by atoms with van der Waals surface area (Å²) in [5.41, 5.74) is 2.03. The summed E-state index contributed by atoms with van der Waals surface area (Å²) in [6, 6.07) is 4.67. The number of benzene rings is 1. The highest BCUT2D eigenvalue weighted by Gasteiger charge is 2.28. The summed E-state index contributed by atoms with van der Waals surface area (Å²) in [5.74, 6) is -1.56. The topological polar surface area (TPSA) is 63.4 Å². The zero-order chi connectivity index (χ0) is 20.4. The zero-order valence-electron chi connectivity index (χ0n) is 15.6. The maximum atomic E-state index is 13.5. The lowest BCUT2D eigenvalue weighted by molar-refractivity contribution is -0.133. The molecule has 1 aromatic carbocycles. The molecule has 0 radical (unpaired) electrons. The molecule has 6 nitrogen and oxygen atoms in total. The first-order valence-corrected chi connectivity index (χ1v) is 9.24. The second kappa shape index (κ2) is 7.90. The number of hydrogen-bond donors (Lipinski definition) is 0. The highest BCUT2D eigenvalue weighted by Crippen LogP contribution is 2.30. The molecule has 0 saturated carbocycles. The van der Waals surface area contributed by atoms with Crippen LogP contribution in [0.3, 0.4) is 0 Å². The maximum Gasteiger partial charge on any atom is 0.243 e. The molecular weight excluding hydrogens is 376 g/mol. The fourth-order valence-electron chi connectivity index (χ4n) is 3.40. The van der Waals surface area contributed by atoms with E-state index in [1.54, 1.807) is 23.3 Å². The SMILES string of the molecule is C=C(CCC(=O)N1N=CCC1c1cc(F)cc(F)c1)Cn1cc2ccncc2n1. The Morgan fingerprint density at radius 1 is 1.21 bits per heavy atom. The van der Waals surface area contributed by atoms with Gasteiger partial charge in [-0.25, -0.2) is 13.8 Å². The molecule has 4 rings (SSSR count). The van der Waals surface area contributed by atoms with Crippen LogP contribution < -0.4 is 0 Å². The molecule has 29 heavy (non-hydrogen) atoms. The van der Waals surface area contributed by atoms with Gasteiger partial charge in [-0.3, -0.25) is 14.5 Å². The van der Waals surface area contributed by atoms with Crippen LogP contribution in [-0.4, -0.2) is 31.9 Å². The van der Waals surface area contributed by atoms with E-state index in [2.05, 4.69) is 21.8 Å². The van der Waals surface area contributed by atoms with Crippen LogP contribution in [0.25, 0.3) is 10.9 Å². The molecule has 3 aromatic rings. The number of carbonyl (C=O) groups is 1. The molecule has 8 heteroatoms. The fraction of sp³-hybridized carbons (Fsp3) is 0.238. The van der Waals surface area contributed by atoms with Gasteiger partial charge in [-0.2, -0.15) is 10.2 Å². The van der Waals surface area contributed by atoms with Crippen LogP contribution in [0.15, 0.2) is 60.1 Å². The lowest BCUT2D eigenvalue weighted by atomic mass is 10.0. The molecule has 0 N–H and O–H groups in total. The molecule has 0 fully saturated rings. The molecule has 1 atom stereocenters. The van der Waals surface area contributed by atoms with Crippen LogP contribution in [-0.2, 0) is 11.3 Å². The predicted molar refractivity (Wildman–Crippen MR) is 105 cm³/mol. The highest BCUT2D eigenvalue weighted by atomic mass is 19.1. The standard InChI is InChI=1S/C21H19F2N5O/c1-14(12-27-13-15-4-6-24-11-19(15)26-27)2-3-21(29)28-20(5-7-25-28)16-8-17(22)10-18(23)9-16/h4,6-11,13,20H,1-3,5,12H2. The Morgan fingerprint density at radius 2 is 2.00 bits per heavy atom. The van der Waals surface area contributed by atoms with Gasteiger partial charge in [0.2, 0.25) is 5.91 Å². The first kappa shape index (κ1) is 18.9. The van der Waals surface area contributed by atoms with Crippen molar-refractivity contribution in [2.45, 2.75) is 31.8 Å². The molecule has 1 aliphatic rings. The first-order valence-electron chi connectivity index (χ1n) is 9.24. The molecule has 3 heterocycles. The van der Waals surface area contributed by atoms with Crippen molar-refractivity contribution in [2.24, 2.45) is 5.10 Å². The number of rotatable bonds is 6. The van der Waals surface area contributed by atoms with E-state index in [-0.39, 0.29) is 12.3 Å². The molecule has 1 aliphatic heterocycles. The van der Waals surface area contributed by atoms with Crippen molar-refractivity contribution >= 4 is 23.0 Å². The number of nitrogens with zero attached hydrogens (tertiary/aromatic N) is 5. The fourth-order valence-corrected chi connectivity index (χ4v) is 3.40. The van der Waals surface area contributed by atoms with Crippen molar-refractivity contribution in [3.05, 3.63) is 72.2 Å².